The molecule has 0 aliphatic heterocycles. The molecule has 0 radical (unpaired) electrons. The summed E-state index contributed by atoms with van der Waals surface area (Å²) in [6.45, 7) is 4.11. The zero-order chi connectivity index (χ0) is 47.7. The molecule has 382 valence electrons. The number of aliphatic hydroxyl groups excluding tert-OH is 1. The Morgan fingerprint density at radius 1 is 0.348 bits per heavy atom. The standard InChI is InChI=1S/C61H108O5/c1-3-5-7-9-11-13-15-17-19-21-23-24-25-26-27-28-29-30-31-32-33-34-35-36-38-40-42-44-46-48-50-52-54-56-61(64)66-59(57-62)58-65-60(63)55-53-51-49-47-45-43-41-39-37-22-20-18-16-14-12-10-8-6-4-2/h12,14-15,17-18,20-21,23,25-26,37,39,59,62H,3-11,13,16,19,22,24,27-36,38,40-58H2,1-2H3/b14-12-,17-15-,20-18-,23-21-,26-25-,39-37-. The third-order valence-corrected chi connectivity index (χ3v) is 12.5. The molecule has 1 N–H and O–H groups in total. The Morgan fingerprint density at radius 3 is 0.939 bits per heavy atom. The second kappa shape index (κ2) is 56.7. The highest BCUT2D eigenvalue weighted by molar-refractivity contribution is 5.70. The zero-order valence-corrected chi connectivity index (χ0v) is 43.7. The van der Waals surface area contributed by atoms with Gasteiger partial charge < -0.3 is 14.6 Å². The van der Waals surface area contributed by atoms with Crippen molar-refractivity contribution in [2.45, 2.75) is 290 Å². The zero-order valence-electron chi connectivity index (χ0n) is 43.7. The maximum Gasteiger partial charge on any atom is 0.306 e. The van der Waals surface area contributed by atoms with Crippen LogP contribution in [-0.2, 0) is 19.1 Å². The molecular formula is C61H108O5. The first-order valence-electron chi connectivity index (χ1n) is 28.5. The number of unbranched alkanes of at least 4 members (excludes halogenated alkanes) is 32. The Labute approximate surface area is 410 Å². The maximum atomic E-state index is 12.3. The van der Waals surface area contributed by atoms with Crippen LogP contribution >= 0.6 is 0 Å². The van der Waals surface area contributed by atoms with E-state index in [0.29, 0.717) is 12.8 Å². The highest BCUT2D eigenvalue weighted by Crippen LogP contribution is 2.16. The third-order valence-electron chi connectivity index (χ3n) is 12.5. The minimum atomic E-state index is -0.780. The number of rotatable bonds is 52. The van der Waals surface area contributed by atoms with E-state index in [-0.39, 0.29) is 25.2 Å². The Kier molecular flexibility index (Phi) is 54.4. The molecule has 0 aromatic heterocycles. The van der Waals surface area contributed by atoms with E-state index in [1.165, 1.54) is 186 Å². The lowest BCUT2D eigenvalue weighted by Crippen LogP contribution is -2.28. The Bertz CT molecular complexity index is 1180. The molecule has 0 fully saturated rings. The quantitative estimate of drug-likeness (QED) is 0.0374. The van der Waals surface area contributed by atoms with Crippen LogP contribution in [0.2, 0.25) is 0 Å². The van der Waals surface area contributed by atoms with Crippen molar-refractivity contribution in [3.63, 3.8) is 0 Å². The van der Waals surface area contributed by atoms with Crippen LogP contribution < -0.4 is 0 Å². The van der Waals surface area contributed by atoms with Crippen LogP contribution in [0.25, 0.3) is 0 Å². The molecule has 0 aliphatic carbocycles. The van der Waals surface area contributed by atoms with Crippen LogP contribution in [0, 0.1) is 0 Å². The second-order valence-electron chi connectivity index (χ2n) is 19.0. The third kappa shape index (κ3) is 54.0. The van der Waals surface area contributed by atoms with E-state index in [4.69, 9.17) is 9.47 Å². The van der Waals surface area contributed by atoms with Crippen LogP contribution in [-0.4, -0.2) is 36.4 Å². The van der Waals surface area contributed by atoms with Crippen molar-refractivity contribution in [3.05, 3.63) is 72.9 Å². The lowest BCUT2D eigenvalue weighted by Gasteiger charge is -2.15. The van der Waals surface area contributed by atoms with Crippen molar-refractivity contribution in [1.82, 2.24) is 0 Å². The largest absolute Gasteiger partial charge is 0.462 e. The van der Waals surface area contributed by atoms with Gasteiger partial charge in [-0.3, -0.25) is 9.59 Å². The van der Waals surface area contributed by atoms with Gasteiger partial charge in [0.05, 0.1) is 6.61 Å². The molecule has 5 nitrogen and oxygen atoms in total. The minimum Gasteiger partial charge on any atom is -0.462 e. The first kappa shape index (κ1) is 63.3. The van der Waals surface area contributed by atoms with Gasteiger partial charge in [-0.25, -0.2) is 0 Å². The molecule has 0 spiro atoms. The van der Waals surface area contributed by atoms with Crippen LogP contribution in [0.4, 0.5) is 0 Å². The second-order valence-corrected chi connectivity index (χ2v) is 19.0. The van der Waals surface area contributed by atoms with Crippen LogP contribution in [0.3, 0.4) is 0 Å². The van der Waals surface area contributed by atoms with Crippen molar-refractivity contribution in [3.8, 4) is 0 Å². The van der Waals surface area contributed by atoms with Crippen molar-refractivity contribution in [2.75, 3.05) is 13.2 Å². The lowest BCUT2D eigenvalue weighted by atomic mass is 10.0. The van der Waals surface area contributed by atoms with Crippen molar-refractivity contribution < 1.29 is 24.2 Å². The summed E-state index contributed by atoms with van der Waals surface area (Å²) in [6, 6.07) is 0. The van der Waals surface area contributed by atoms with Gasteiger partial charge in [-0.2, -0.15) is 0 Å². The Balaban J connectivity index is 3.47. The summed E-state index contributed by atoms with van der Waals surface area (Å²) in [4.78, 5) is 24.5. The van der Waals surface area contributed by atoms with Gasteiger partial charge in [-0.15, -0.1) is 0 Å². The molecule has 66 heavy (non-hydrogen) atoms. The first-order valence-corrected chi connectivity index (χ1v) is 28.5. The molecule has 0 rings (SSSR count). The van der Waals surface area contributed by atoms with E-state index < -0.39 is 6.10 Å². The number of aliphatic hydroxyl groups is 1. The van der Waals surface area contributed by atoms with Gasteiger partial charge in [0.2, 0.25) is 0 Å². The fourth-order valence-corrected chi connectivity index (χ4v) is 8.16. The molecular weight excluding hydrogens is 813 g/mol. The van der Waals surface area contributed by atoms with Crippen LogP contribution in [0.1, 0.15) is 284 Å². The van der Waals surface area contributed by atoms with Crippen LogP contribution in [0.15, 0.2) is 72.9 Å². The number of esters is 2. The molecule has 0 amide bonds. The molecule has 1 atom stereocenters. The fraction of sp³-hybridized carbons (Fsp3) is 0.770. The summed E-state index contributed by atoms with van der Waals surface area (Å²) in [5.74, 6) is -0.598. The van der Waals surface area contributed by atoms with Crippen LogP contribution in [0.5, 0.6) is 0 Å². The Morgan fingerprint density at radius 2 is 0.606 bits per heavy atom. The molecule has 0 bridgehead atoms. The van der Waals surface area contributed by atoms with Gasteiger partial charge in [0, 0.05) is 12.8 Å². The molecule has 1 unspecified atom stereocenters. The van der Waals surface area contributed by atoms with Crippen molar-refractivity contribution in [2.24, 2.45) is 0 Å². The van der Waals surface area contributed by atoms with Gasteiger partial charge in [-0.1, -0.05) is 254 Å². The lowest BCUT2D eigenvalue weighted by molar-refractivity contribution is -0.161. The average Bonchev–Trinajstić information content (AvgIpc) is 3.32. The van der Waals surface area contributed by atoms with E-state index in [2.05, 4.69) is 86.8 Å². The first-order chi connectivity index (χ1) is 32.6. The summed E-state index contributed by atoms with van der Waals surface area (Å²) >= 11 is 0. The highest BCUT2D eigenvalue weighted by Gasteiger charge is 2.16. The molecule has 0 aliphatic rings. The van der Waals surface area contributed by atoms with Gasteiger partial charge in [0.25, 0.3) is 0 Å². The monoisotopic (exact) mass is 921 g/mol. The fourth-order valence-electron chi connectivity index (χ4n) is 8.16. The van der Waals surface area contributed by atoms with E-state index in [0.717, 1.165) is 70.6 Å². The van der Waals surface area contributed by atoms with E-state index >= 15 is 0 Å². The number of carbonyl (C=O) groups excluding carboxylic acids is 2. The summed E-state index contributed by atoms with van der Waals surface area (Å²) in [7, 11) is 0. The molecule has 5 heteroatoms. The summed E-state index contributed by atoms with van der Waals surface area (Å²) in [5.41, 5.74) is 0. The van der Waals surface area contributed by atoms with Gasteiger partial charge in [0.15, 0.2) is 6.10 Å². The van der Waals surface area contributed by atoms with Gasteiger partial charge in [-0.05, 0) is 89.9 Å². The topological polar surface area (TPSA) is 72.8 Å². The normalized spacial score (nSPS) is 12.7. The minimum absolute atomic E-state index is 0.0730. The summed E-state index contributed by atoms with van der Waals surface area (Å²) < 4.78 is 10.7. The molecule has 0 saturated carbocycles. The molecule has 0 heterocycles. The smallest absolute Gasteiger partial charge is 0.306 e. The summed E-state index contributed by atoms with van der Waals surface area (Å²) in [6.07, 6.45) is 77.3. The number of ether oxygens (including phenoxy) is 2. The van der Waals surface area contributed by atoms with E-state index in [1.807, 2.05) is 0 Å². The number of hydrogen-bond acceptors (Lipinski definition) is 5. The van der Waals surface area contributed by atoms with Crippen molar-refractivity contribution in [1.29, 1.82) is 0 Å². The van der Waals surface area contributed by atoms with Crippen molar-refractivity contribution >= 4 is 11.9 Å². The highest BCUT2D eigenvalue weighted by atomic mass is 16.6. The average molecular weight is 922 g/mol. The molecule has 0 aromatic carbocycles. The predicted molar refractivity (Wildman–Crippen MR) is 288 cm³/mol. The number of carbonyl (C=O) groups is 2. The summed E-state index contributed by atoms with van der Waals surface area (Å²) in [5, 5.41) is 9.64. The number of hydrogen-bond donors (Lipinski definition) is 1. The maximum absolute atomic E-state index is 12.3. The van der Waals surface area contributed by atoms with E-state index in [9.17, 15) is 14.7 Å². The number of allylic oxidation sites excluding steroid dienone is 12. The van der Waals surface area contributed by atoms with Gasteiger partial charge in [0.1, 0.15) is 6.61 Å². The van der Waals surface area contributed by atoms with Gasteiger partial charge >= 0.3 is 11.9 Å². The van der Waals surface area contributed by atoms with E-state index in [1.54, 1.807) is 0 Å². The molecule has 0 aromatic rings. The SMILES string of the molecule is CCCCC/C=C\C/C=C\C/C=C\CCCCCCCCC(=O)OCC(CO)OC(=O)CCCCCCCCCCCCCCCCCCCC/C=C\C/C=C\C/C=C\CCCCCCC. The Hall–Kier alpha value is -2.66. The molecule has 0 saturated heterocycles. The predicted octanol–water partition coefficient (Wildman–Crippen LogP) is 19.2.